The number of ether oxygens (including phenoxy) is 2. The standard InChI is InChI=1S/C16H26N2O3/c1-5-16(2,3)21-10-6-7-15(19)18-13-11-12(17)8-9-14(13)20-4/h8-9,11H,5-7,10,17H2,1-4H3,(H,18,19). The van der Waals surface area contributed by atoms with Gasteiger partial charge in [-0.15, -0.1) is 0 Å². The van der Waals surface area contributed by atoms with E-state index in [1.54, 1.807) is 25.3 Å². The normalized spacial score (nSPS) is 11.2. The van der Waals surface area contributed by atoms with E-state index in [4.69, 9.17) is 15.2 Å². The molecule has 5 nitrogen and oxygen atoms in total. The molecule has 0 radical (unpaired) electrons. The van der Waals surface area contributed by atoms with Crippen molar-refractivity contribution >= 4 is 17.3 Å². The van der Waals surface area contributed by atoms with Gasteiger partial charge in [0.25, 0.3) is 0 Å². The van der Waals surface area contributed by atoms with Gasteiger partial charge in [0.05, 0.1) is 18.4 Å². The van der Waals surface area contributed by atoms with E-state index in [-0.39, 0.29) is 11.5 Å². The lowest BCUT2D eigenvalue weighted by Crippen LogP contribution is -2.24. The highest BCUT2D eigenvalue weighted by Gasteiger charge is 2.15. The fourth-order valence-corrected chi connectivity index (χ4v) is 1.72. The van der Waals surface area contributed by atoms with E-state index in [0.29, 0.717) is 36.6 Å². The summed E-state index contributed by atoms with van der Waals surface area (Å²) in [6, 6.07) is 5.15. The molecule has 0 saturated carbocycles. The number of nitrogen functional groups attached to an aromatic ring is 1. The average molecular weight is 294 g/mol. The number of methoxy groups -OCH3 is 1. The zero-order valence-electron chi connectivity index (χ0n) is 13.4. The molecule has 0 aliphatic carbocycles. The van der Waals surface area contributed by atoms with Gasteiger partial charge in [-0.2, -0.15) is 0 Å². The minimum absolute atomic E-state index is 0.0724. The van der Waals surface area contributed by atoms with Gasteiger partial charge in [-0.25, -0.2) is 0 Å². The van der Waals surface area contributed by atoms with Crippen molar-refractivity contribution in [3.05, 3.63) is 18.2 Å². The lowest BCUT2D eigenvalue weighted by Gasteiger charge is -2.23. The molecule has 0 atom stereocenters. The van der Waals surface area contributed by atoms with Gasteiger partial charge < -0.3 is 20.5 Å². The SMILES string of the molecule is CCC(C)(C)OCCCC(=O)Nc1cc(N)ccc1OC. The van der Waals surface area contributed by atoms with Crippen molar-refractivity contribution in [2.24, 2.45) is 0 Å². The number of nitrogens with one attached hydrogen (secondary N) is 1. The van der Waals surface area contributed by atoms with Gasteiger partial charge in [-0.1, -0.05) is 6.92 Å². The van der Waals surface area contributed by atoms with Crippen molar-refractivity contribution < 1.29 is 14.3 Å². The Morgan fingerprint density at radius 3 is 2.71 bits per heavy atom. The number of benzene rings is 1. The van der Waals surface area contributed by atoms with Gasteiger partial charge >= 0.3 is 0 Å². The van der Waals surface area contributed by atoms with Crippen LogP contribution in [0.25, 0.3) is 0 Å². The second-order valence-electron chi connectivity index (χ2n) is 5.57. The van der Waals surface area contributed by atoms with Gasteiger partial charge in [0.15, 0.2) is 0 Å². The summed E-state index contributed by atoms with van der Waals surface area (Å²) in [5, 5.41) is 2.81. The molecular formula is C16H26N2O3. The summed E-state index contributed by atoms with van der Waals surface area (Å²) in [4.78, 5) is 11.9. The Morgan fingerprint density at radius 2 is 2.10 bits per heavy atom. The van der Waals surface area contributed by atoms with Crippen LogP contribution in [0.4, 0.5) is 11.4 Å². The second kappa shape index (κ2) is 7.88. The Kier molecular flexibility index (Phi) is 6.49. The van der Waals surface area contributed by atoms with Crippen molar-refractivity contribution in [3.8, 4) is 5.75 Å². The molecule has 0 aromatic heterocycles. The first-order valence-electron chi connectivity index (χ1n) is 7.25. The molecule has 0 aliphatic rings. The molecule has 1 amide bonds. The van der Waals surface area contributed by atoms with Gasteiger partial charge in [0, 0.05) is 18.7 Å². The van der Waals surface area contributed by atoms with E-state index >= 15 is 0 Å². The second-order valence-corrected chi connectivity index (χ2v) is 5.57. The Balaban J connectivity index is 2.42. The minimum atomic E-state index is -0.131. The van der Waals surface area contributed by atoms with Gasteiger partial charge in [-0.05, 0) is 44.9 Å². The number of nitrogens with two attached hydrogens (primary N) is 1. The number of carbonyl (C=O) groups is 1. The molecule has 0 fully saturated rings. The summed E-state index contributed by atoms with van der Waals surface area (Å²) in [6.07, 6.45) is 2.03. The van der Waals surface area contributed by atoms with Crippen LogP contribution in [0.5, 0.6) is 5.75 Å². The van der Waals surface area contributed by atoms with E-state index < -0.39 is 0 Å². The average Bonchev–Trinajstić information content (AvgIpc) is 2.44. The quantitative estimate of drug-likeness (QED) is 0.570. The third-order valence-corrected chi connectivity index (χ3v) is 3.39. The van der Waals surface area contributed by atoms with Crippen molar-refractivity contribution in [1.29, 1.82) is 0 Å². The summed E-state index contributed by atoms with van der Waals surface area (Å²) in [6.45, 7) is 6.75. The van der Waals surface area contributed by atoms with Crippen molar-refractivity contribution in [3.63, 3.8) is 0 Å². The number of carbonyl (C=O) groups excluding carboxylic acids is 1. The van der Waals surface area contributed by atoms with Crippen LogP contribution in [0.3, 0.4) is 0 Å². The van der Waals surface area contributed by atoms with E-state index in [2.05, 4.69) is 12.2 Å². The van der Waals surface area contributed by atoms with Crippen LogP contribution in [-0.4, -0.2) is 25.2 Å². The molecule has 0 aliphatic heterocycles. The molecule has 1 aromatic carbocycles. The van der Waals surface area contributed by atoms with Crippen LogP contribution in [-0.2, 0) is 9.53 Å². The molecule has 0 saturated heterocycles. The smallest absolute Gasteiger partial charge is 0.224 e. The van der Waals surface area contributed by atoms with Crippen molar-refractivity contribution in [2.45, 2.75) is 45.6 Å². The topological polar surface area (TPSA) is 73.6 Å². The monoisotopic (exact) mass is 294 g/mol. The summed E-state index contributed by atoms with van der Waals surface area (Å²) in [7, 11) is 1.56. The van der Waals surface area contributed by atoms with Gasteiger partial charge in [0.2, 0.25) is 5.91 Å². The molecule has 0 spiro atoms. The fourth-order valence-electron chi connectivity index (χ4n) is 1.72. The van der Waals surface area contributed by atoms with E-state index in [0.717, 1.165) is 6.42 Å². The molecule has 5 heteroatoms. The molecule has 21 heavy (non-hydrogen) atoms. The maximum atomic E-state index is 11.9. The molecule has 3 N–H and O–H groups in total. The molecule has 1 aromatic rings. The Labute approximate surface area is 126 Å². The lowest BCUT2D eigenvalue weighted by atomic mass is 10.1. The first kappa shape index (κ1) is 17.3. The van der Waals surface area contributed by atoms with Gasteiger partial charge in [-0.3, -0.25) is 4.79 Å². The van der Waals surface area contributed by atoms with Gasteiger partial charge in [0.1, 0.15) is 5.75 Å². The zero-order valence-corrected chi connectivity index (χ0v) is 13.4. The predicted octanol–water partition coefficient (Wildman–Crippen LogP) is 3.20. The minimum Gasteiger partial charge on any atom is -0.495 e. The number of hydrogen-bond donors (Lipinski definition) is 2. The molecule has 0 unspecified atom stereocenters. The number of rotatable bonds is 8. The third kappa shape index (κ3) is 6.04. The molecule has 1 rings (SSSR count). The highest BCUT2D eigenvalue weighted by molar-refractivity contribution is 5.92. The Morgan fingerprint density at radius 1 is 1.38 bits per heavy atom. The number of hydrogen-bond acceptors (Lipinski definition) is 4. The third-order valence-electron chi connectivity index (χ3n) is 3.39. The highest BCUT2D eigenvalue weighted by Crippen LogP contribution is 2.26. The number of amides is 1. The van der Waals surface area contributed by atoms with Crippen molar-refractivity contribution in [2.75, 3.05) is 24.8 Å². The maximum absolute atomic E-state index is 11.9. The Bertz CT molecular complexity index is 473. The van der Waals surface area contributed by atoms with Crippen LogP contribution in [0, 0.1) is 0 Å². The summed E-state index contributed by atoms with van der Waals surface area (Å²) in [5.74, 6) is 0.526. The van der Waals surface area contributed by atoms with Crippen LogP contribution < -0.4 is 15.8 Å². The zero-order chi connectivity index (χ0) is 15.9. The summed E-state index contributed by atoms with van der Waals surface area (Å²) in [5.41, 5.74) is 6.76. The van der Waals surface area contributed by atoms with Crippen LogP contribution in [0.15, 0.2) is 18.2 Å². The molecule has 118 valence electrons. The van der Waals surface area contributed by atoms with Crippen LogP contribution in [0.1, 0.15) is 40.0 Å². The summed E-state index contributed by atoms with van der Waals surface area (Å²) >= 11 is 0. The van der Waals surface area contributed by atoms with Crippen LogP contribution in [0.2, 0.25) is 0 Å². The largest absolute Gasteiger partial charge is 0.495 e. The molecular weight excluding hydrogens is 268 g/mol. The lowest BCUT2D eigenvalue weighted by molar-refractivity contribution is -0.117. The summed E-state index contributed by atoms with van der Waals surface area (Å²) < 4.78 is 10.9. The van der Waals surface area contributed by atoms with E-state index in [1.807, 2.05) is 13.8 Å². The predicted molar refractivity (Wildman–Crippen MR) is 85.6 cm³/mol. The maximum Gasteiger partial charge on any atom is 0.224 e. The van der Waals surface area contributed by atoms with Crippen LogP contribution >= 0.6 is 0 Å². The molecule has 0 heterocycles. The Hall–Kier alpha value is -1.75. The van der Waals surface area contributed by atoms with E-state index in [9.17, 15) is 4.79 Å². The van der Waals surface area contributed by atoms with E-state index in [1.165, 1.54) is 0 Å². The van der Waals surface area contributed by atoms with Crippen molar-refractivity contribution in [1.82, 2.24) is 0 Å². The molecule has 0 bridgehead atoms. The first-order valence-corrected chi connectivity index (χ1v) is 7.25. The number of anilines is 2. The highest BCUT2D eigenvalue weighted by atomic mass is 16.5. The fraction of sp³-hybridized carbons (Fsp3) is 0.562. The first-order chi connectivity index (χ1) is 9.88.